The van der Waals surface area contributed by atoms with Gasteiger partial charge < -0.3 is 9.32 Å². The zero-order chi connectivity index (χ0) is 16.4. The molecular weight excluding hydrogens is 338 g/mol. The van der Waals surface area contributed by atoms with Gasteiger partial charge in [0, 0.05) is 17.6 Å². The van der Waals surface area contributed by atoms with E-state index in [1.807, 2.05) is 6.07 Å². The van der Waals surface area contributed by atoms with Crippen molar-refractivity contribution in [1.29, 1.82) is 0 Å². The van der Waals surface area contributed by atoms with Crippen molar-refractivity contribution in [1.82, 2.24) is 4.90 Å². The van der Waals surface area contributed by atoms with Crippen molar-refractivity contribution in [3.8, 4) is 0 Å². The number of halogens is 1. The molecule has 122 valence electrons. The van der Waals surface area contributed by atoms with E-state index in [1.165, 1.54) is 6.26 Å². The molecule has 0 N–H and O–H groups in total. The first kappa shape index (κ1) is 16.1. The number of carbonyl (C=O) groups excluding carboxylic acids is 1. The Balaban J connectivity index is 1.88. The van der Waals surface area contributed by atoms with Crippen LogP contribution in [0.15, 0.2) is 47.1 Å². The summed E-state index contributed by atoms with van der Waals surface area (Å²) < 4.78 is 28.7. The van der Waals surface area contributed by atoms with Crippen LogP contribution in [0.2, 0.25) is 5.02 Å². The highest BCUT2D eigenvalue weighted by Gasteiger charge is 2.35. The second-order valence-corrected chi connectivity index (χ2v) is 8.26. The van der Waals surface area contributed by atoms with Crippen LogP contribution < -0.4 is 0 Å². The Kier molecular flexibility index (Phi) is 4.46. The van der Waals surface area contributed by atoms with Crippen molar-refractivity contribution < 1.29 is 17.6 Å². The molecule has 3 rings (SSSR count). The van der Waals surface area contributed by atoms with Crippen LogP contribution in [0, 0.1) is 0 Å². The lowest BCUT2D eigenvalue weighted by molar-refractivity contribution is 0.0648. The molecule has 1 aliphatic rings. The normalized spacial score (nSPS) is 19.6. The second kappa shape index (κ2) is 6.37. The van der Waals surface area contributed by atoms with E-state index in [0.29, 0.717) is 18.0 Å². The Morgan fingerprint density at radius 1 is 1.30 bits per heavy atom. The van der Waals surface area contributed by atoms with E-state index in [-0.39, 0.29) is 29.2 Å². The Morgan fingerprint density at radius 2 is 2.13 bits per heavy atom. The van der Waals surface area contributed by atoms with Crippen LogP contribution in [0.5, 0.6) is 0 Å². The van der Waals surface area contributed by atoms with Crippen molar-refractivity contribution >= 4 is 27.3 Å². The summed E-state index contributed by atoms with van der Waals surface area (Å²) in [6.45, 7) is 0.292. The van der Waals surface area contributed by atoms with Crippen LogP contribution in [0.25, 0.3) is 0 Å². The van der Waals surface area contributed by atoms with Gasteiger partial charge in [-0.2, -0.15) is 0 Å². The number of furan rings is 1. The summed E-state index contributed by atoms with van der Waals surface area (Å²) in [5, 5.41) is 0.576. The molecule has 1 atom stereocenters. The summed E-state index contributed by atoms with van der Waals surface area (Å²) in [4.78, 5) is 14.3. The van der Waals surface area contributed by atoms with Crippen LogP contribution in [0.3, 0.4) is 0 Å². The number of hydrogen-bond acceptors (Lipinski definition) is 4. The smallest absolute Gasteiger partial charge is 0.290 e. The first-order valence-electron chi connectivity index (χ1n) is 7.24. The van der Waals surface area contributed by atoms with Crippen molar-refractivity contribution in [2.75, 3.05) is 11.5 Å². The van der Waals surface area contributed by atoms with E-state index < -0.39 is 9.84 Å². The summed E-state index contributed by atoms with van der Waals surface area (Å²) in [7, 11) is -3.09. The van der Waals surface area contributed by atoms with Gasteiger partial charge in [0.15, 0.2) is 15.6 Å². The lowest BCUT2D eigenvalue weighted by atomic mass is 10.1. The topological polar surface area (TPSA) is 67.6 Å². The minimum absolute atomic E-state index is 0.0139. The summed E-state index contributed by atoms with van der Waals surface area (Å²) >= 11 is 5.99. The highest BCUT2D eigenvalue weighted by Crippen LogP contribution is 2.23. The first-order chi connectivity index (χ1) is 10.9. The lowest BCUT2D eigenvalue weighted by Gasteiger charge is -2.27. The van der Waals surface area contributed by atoms with E-state index in [4.69, 9.17) is 16.0 Å². The molecule has 1 saturated heterocycles. The third-order valence-corrected chi connectivity index (χ3v) is 5.87. The molecule has 1 fully saturated rings. The second-order valence-electron chi connectivity index (χ2n) is 5.60. The van der Waals surface area contributed by atoms with Crippen molar-refractivity contribution in [3.05, 3.63) is 59.0 Å². The molecule has 5 nitrogen and oxygen atoms in total. The quantitative estimate of drug-likeness (QED) is 0.847. The van der Waals surface area contributed by atoms with Crippen LogP contribution in [0.4, 0.5) is 0 Å². The molecule has 7 heteroatoms. The van der Waals surface area contributed by atoms with Crippen LogP contribution >= 0.6 is 11.6 Å². The third kappa shape index (κ3) is 3.76. The maximum absolute atomic E-state index is 12.7. The van der Waals surface area contributed by atoms with Gasteiger partial charge in [0.05, 0.1) is 17.8 Å². The molecule has 1 aromatic heterocycles. The average molecular weight is 354 g/mol. The number of amides is 1. The molecule has 1 aromatic carbocycles. The third-order valence-electron chi connectivity index (χ3n) is 3.88. The molecule has 1 aliphatic heterocycles. The standard InChI is InChI=1S/C16H16ClNO4S/c17-13-4-1-3-12(9-13)10-18(14-6-8-23(20,21)11-14)16(19)15-5-2-7-22-15/h1-5,7,9,14H,6,8,10-11H2. The van der Waals surface area contributed by atoms with Gasteiger partial charge in [-0.15, -0.1) is 0 Å². The van der Waals surface area contributed by atoms with Gasteiger partial charge >= 0.3 is 0 Å². The van der Waals surface area contributed by atoms with Gasteiger partial charge in [0.25, 0.3) is 5.91 Å². The molecular formula is C16H16ClNO4S. The fourth-order valence-electron chi connectivity index (χ4n) is 2.76. The number of nitrogens with zero attached hydrogens (tertiary/aromatic N) is 1. The monoisotopic (exact) mass is 353 g/mol. The molecule has 23 heavy (non-hydrogen) atoms. The minimum atomic E-state index is -3.09. The van der Waals surface area contributed by atoms with Gasteiger partial charge in [-0.25, -0.2) is 8.42 Å². The number of sulfone groups is 1. The van der Waals surface area contributed by atoms with E-state index >= 15 is 0 Å². The summed E-state index contributed by atoms with van der Waals surface area (Å²) in [5.41, 5.74) is 0.849. The van der Waals surface area contributed by atoms with Crippen molar-refractivity contribution in [2.45, 2.75) is 19.0 Å². The highest BCUT2D eigenvalue weighted by molar-refractivity contribution is 7.91. The van der Waals surface area contributed by atoms with Crippen molar-refractivity contribution in [2.24, 2.45) is 0 Å². The molecule has 0 bridgehead atoms. The average Bonchev–Trinajstić information content (AvgIpc) is 3.13. The Bertz CT molecular complexity index is 801. The Morgan fingerprint density at radius 3 is 2.74 bits per heavy atom. The van der Waals surface area contributed by atoms with Gasteiger partial charge in [-0.05, 0) is 36.2 Å². The Labute approximate surface area is 139 Å². The van der Waals surface area contributed by atoms with E-state index in [2.05, 4.69) is 0 Å². The maximum Gasteiger partial charge on any atom is 0.290 e. The number of rotatable bonds is 4. The van der Waals surface area contributed by atoms with Crippen LogP contribution in [0.1, 0.15) is 22.5 Å². The predicted molar refractivity (Wildman–Crippen MR) is 87.1 cm³/mol. The highest BCUT2D eigenvalue weighted by atomic mass is 35.5. The molecule has 0 radical (unpaired) electrons. The van der Waals surface area contributed by atoms with Gasteiger partial charge in [-0.1, -0.05) is 23.7 Å². The fraction of sp³-hybridized carbons (Fsp3) is 0.312. The molecule has 2 aromatic rings. The zero-order valence-electron chi connectivity index (χ0n) is 12.3. The largest absolute Gasteiger partial charge is 0.459 e. The SMILES string of the molecule is O=C(c1ccco1)N(Cc1cccc(Cl)c1)C1CCS(=O)(=O)C1. The molecule has 1 amide bonds. The zero-order valence-corrected chi connectivity index (χ0v) is 13.9. The van der Waals surface area contributed by atoms with Gasteiger partial charge in [-0.3, -0.25) is 4.79 Å². The Hall–Kier alpha value is -1.79. The number of carbonyl (C=O) groups is 1. The summed E-state index contributed by atoms with van der Waals surface area (Å²) in [5.74, 6) is -0.0109. The lowest BCUT2D eigenvalue weighted by Crippen LogP contribution is -2.40. The number of benzene rings is 1. The fourth-order valence-corrected chi connectivity index (χ4v) is 4.71. The molecule has 2 heterocycles. The van der Waals surface area contributed by atoms with Gasteiger partial charge in [0.1, 0.15) is 0 Å². The predicted octanol–water partition coefficient (Wildman–Crippen LogP) is 2.76. The first-order valence-corrected chi connectivity index (χ1v) is 9.44. The summed E-state index contributed by atoms with van der Waals surface area (Å²) in [6.07, 6.45) is 1.87. The van der Waals surface area contributed by atoms with Crippen LogP contribution in [-0.4, -0.2) is 36.8 Å². The molecule has 0 spiro atoms. The van der Waals surface area contributed by atoms with Crippen molar-refractivity contribution in [3.63, 3.8) is 0 Å². The summed E-state index contributed by atoms with van der Waals surface area (Å²) in [6, 6.07) is 10.1. The van der Waals surface area contributed by atoms with E-state index in [1.54, 1.807) is 35.2 Å². The molecule has 0 saturated carbocycles. The molecule has 1 unspecified atom stereocenters. The number of hydrogen-bond donors (Lipinski definition) is 0. The van der Waals surface area contributed by atoms with E-state index in [0.717, 1.165) is 5.56 Å². The van der Waals surface area contributed by atoms with E-state index in [9.17, 15) is 13.2 Å². The van der Waals surface area contributed by atoms with Crippen LogP contribution in [-0.2, 0) is 16.4 Å². The molecule has 0 aliphatic carbocycles. The van der Waals surface area contributed by atoms with Gasteiger partial charge in [0.2, 0.25) is 0 Å². The minimum Gasteiger partial charge on any atom is -0.459 e. The maximum atomic E-state index is 12.7.